The fraction of sp³-hybridized carbons (Fsp3) is 0.375. The number of nitriles is 1. The molecule has 0 unspecified atom stereocenters. The summed E-state index contributed by atoms with van der Waals surface area (Å²) < 4.78 is 43.7. The van der Waals surface area contributed by atoms with E-state index in [-0.39, 0.29) is 23.3 Å². The lowest BCUT2D eigenvalue weighted by molar-refractivity contribution is -0.137. The predicted molar refractivity (Wildman–Crippen MR) is 115 cm³/mol. The maximum Gasteiger partial charge on any atom is 0.416 e. The first-order valence-corrected chi connectivity index (χ1v) is 10.6. The molecule has 2 aromatic carbocycles. The molecule has 0 bridgehead atoms. The lowest BCUT2D eigenvalue weighted by Gasteiger charge is -2.31. The zero-order valence-corrected chi connectivity index (χ0v) is 17.9. The number of carbonyl (C=O) groups excluding carboxylic acids is 2. The van der Waals surface area contributed by atoms with Gasteiger partial charge in [-0.15, -0.1) is 0 Å². The molecule has 0 aromatic heterocycles. The van der Waals surface area contributed by atoms with Crippen LogP contribution in [0.5, 0.6) is 5.75 Å². The maximum atomic E-state index is 12.7. The van der Waals surface area contributed by atoms with Gasteiger partial charge in [0.05, 0.1) is 18.2 Å². The normalized spacial score (nSPS) is 14.4. The van der Waals surface area contributed by atoms with Crippen LogP contribution in [0.4, 0.5) is 18.9 Å². The zero-order chi connectivity index (χ0) is 23.8. The van der Waals surface area contributed by atoms with E-state index in [2.05, 4.69) is 11.4 Å². The van der Waals surface area contributed by atoms with Crippen molar-refractivity contribution >= 4 is 17.5 Å². The summed E-state index contributed by atoms with van der Waals surface area (Å²) >= 11 is 0. The topological polar surface area (TPSA) is 82.4 Å². The number of rotatable bonds is 7. The van der Waals surface area contributed by atoms with Gasteiger partial charge in [-0.05, 0) is 55.7 Å². The number of nitrogens with zero attached hydrogens (tertiary/aromatic N) is 2. The fourth-order valence-corrected chi connectivity index (χ4v) is 3.58. The van der Waals surface area contributed by atoms with Gasteiger partial charge in [0.25, 0.3) is 5.91 Å². The molecule has 33 heavy (non-hydrogen) atoms. The first-order valence-electron chi connectivity index (χ1n) is 10.6. The number of nitrogens with one attached hydrogen (secondary N) is 1. The van der Waals surface area contributed by atoms with Gasteiger partial charge in [0.2, 0.25) is 5.91 Å². The summed E-state index contributed by atoms with van der Waals surface area (Å²) in [5.74, 6) is -0.174. The second-order valence-electron chi connectivity index (χ2n) is 7.77. The number of ether oxygens (including phenoxy) is 1. The lowest BCUT2D eigenvalue weighted by Crippen LogP contribution is -2.41. The Morgan fingerprint density at radius 3 is 2.45 bits per heavy atom. The van der Waals surface area contributed by atoms with Crippen molar-refractivity contribution in [1.82, 2.24) is 4.90 Å². The lowest BCUT2D eigenvalue weighted by atomic mass is 9.95. The van der Waals surface area contributed by atoms with Crippen molar-refractivity contribution < 1.29 is 27.5 Å². The van der Waals surface area contributed by atoms with Gasteiger partial charge in [0.1, 0.15) is 5.75 Å². The van der Waals surface area contributed by atoms with Crippen LogP contribution >= 0.6 is 0 Å². The van der Waals surface area contributed by atoms with Crippen LogP contribution in [-0.2, 0) is 11.0 Å². The average molecular weight is 459 g/mol. The number of hydrogen-bond acceptors (Lipinski definition) is 4. The van der Waals surface area contributed by atoms with Gasteiger partial charge >= 0.3 is 6.18 Å². The van der Waals surface area contributed by atoms with Crippen molar-refractivity contribution in [1.29, 1.82) is 5.26 Å². The van der Waals surface area contributed by atoms with Gasteiger partial charge in [0.15, 0.2) is 0 Å². The molecule has 0 radical (unpaired) electrons. The molecular formula is C24H24F3N3O3. The number of halogens is 3. The quantitative estimate of drug-likeness (QED) is 0.599. The molecule has 6 nitrogen and oxygen atoms in total. The van der Waals surface area contributed by atoms with Crippen LogP contribution in [0.25, 0.3) is 0 Å². The Kier molecular flexibility index (Phi) is 7.93. The summed E-state index contributed by atoms with van der Waals surface area (Å²) in [4.78, 5) is 26.8. The first kappa shape index (κ1) is 24.1. The van der Waals surface area contributed by atoms with E-state index in [4.69, 9.17) is 10.00 Å². The second-order valence-corrected chi connectivity index (χ2v) is 7.77. The van der Waals surface area contributed by atoms with Crippen molar-refractivity contribution in [3.05, 3.63) is 59.7 Å². The molecule has 1 aliphatic rings. The number of carbonyl (C=O) groups is 2. The van der Waals surface area contributed by atoms with Gasteiger partial charge < -0.3 is 15.0 Å². The van der Waals surface area contributed by atoms with E-state index in [1.807, 2.05) is 0 Å². The Labute approximate surface area is 189 Å². The highest BCUT2D eigenvalue weighted by Crippen LogP contribution is 2.29. The SMILES string of the molecule is N#CCCCOc1cccc(NC(=O)C2CCN(C(=O)c3ccc(C(F)(F)F)cc3)CC2)c1. The number of alkyl halides is 3. The van der Waals surface area contributed by atoms with E-state index in [0.717, 1.165) is 12.1 Å². The minimum absolute atomic E-state index is 0.154. The van der Waals surface area contributed by atoms with Crippen LogP contribution in [0.1, 0.15) is 41.6 Å². The Morgan fingerprint density at radius 2 is 1.82 bits per heavy atom. The number of amides is 2. The van der Waals surface area contributed by atoms with Crippen molar-refractivity contribution in [3.63, 3.8) is 0 Å². The van der Waals surface area contributed by atoms with E-state index >= 15 is 0 Å². The van der Waals surface area contributed by atoms with Crippen LogP contribution in [0.2, 0.25) is 0 Å². The number of hydrogen-bond donors (Lipinski definition) is 1. The van der Waals surface area contributed by atoms with Gasteiger partial charge in [-0.2, -0.15) is 18.4 Å². The second kappa shape index (κ2) is 10.9. The van der Waals surface area contributed by atoms with Gasteiger partial charge in [-0.3, -0.25) is 9.59 Å². The van der Waals surface area contributed by atoms with E-state index < -0.39 is 11.7 Å². The number of benzene rings is 2. The monoisotopic (exact) mass is 459 g/mol. The van der Waals surface area contributed by atoms with Gasteiger partial charge in [-0.1, -0.05) is 6.07 Å². The Balaban J connectivity index is 1.50. The number of anilines is 1. The smallest absolute Gasteiger partial charge is 0.416 e. The standard InChI is InChI=1S/C24H24F3N3O3/c25-24(26,27)19-8-6-18(7-9-19)23(32)30-13-10-17(11-14-30)22(31)29-20-4-3-5-21(16-20)33-15-2-1-12-28/h3-9,16-17H,1-2,10-11,13-15H2,(H,29,31). The summed E-state index contributed by atoms with van der Waals surface area (Å²) in [6.45, 7) is 1.11. The molecule has 174 valence electrons. The van der Waals surface area contributed by atoms with E-state index in [9.17, 15) is 22.8 Å². The molecule has 1 heterocycles. The Bertz CT molecular complexity index is 1010. The molecule has 0 atom stereocenters. The van der Waals surface area contributed by atoms with Crippen molar-refractivity contribution in [2.24, 2.45) is 5.92 Å². The van der Waals surface area contributed by atoms with Crippen LogP contribution < -0.4 is 10.1 Å². The van der Waals surface area contributed by atoms with Crippen LogP contribution in [0, 0.1) is 17.2 Å². The summed E-state index contributed by atoms with van der Waals surface area (Å²) in [7, 11) is 0. The molecule has 3 rings (SSSR count). The summed E-state index contributed by atoms with van der Waals surface area (Å²) in [5, 5.41) is 11.4. The summed E-state index contributed by atoms with van der Waals surface area (Å²) in [5.41, 5.74) is -0.00963. The molecule has 2 aromatic rings. The molecule has 0 spiro atoms. The minimum atomic E-state index is -4.45. The number of piperidine rings is 1. The van der Waals surface area contributed by atoms with Crippen molar-refractivity contribution in [2.45, 2.75) is 31.9 Å². The van der Waals surface area contributed by atoms with Crippen molar-refractivity contribution in [3.8, 4) is 11.8 Å². The Hall–Kier alpha value is -3.54. The molecule has 9 heteroatoms. The molecular weight excluding hydrogens is 435 g/mol. The van der Waals surface area contributed by atoms with E-state index in [1.165, 1.54) is 12.1 Å². The molecule has 1 saturated heterocycles. The number of likely N-dealkylation sites (tertiary alicyclic amines) is 1. The first-order chi connectivity index (χ1) is 15.8. The Morgan fingerprint density at radius 1 is 1.12 bits per heavy atom. The fourth-order valence-electron chi connectivity index (χ4n) is 3.58. The third kappa shape index (κ3) is 6.72. The van der Waals surface area contributed by atoms with Gasteiger partial charge in [0, 0.05) is 42.7 Å². The molecule has 1 fully saturated rings. The molecule has 0 saturated carbocycles. The minimum Gasteiger partial charge on any atom is -0.493 e. The molecule has 0 aliphatic carbocycles. The van der Waals surface area contributed by atoms with Crippen LogP contribution in [0.3, 0.4) is 0 Å². The van der Waals surface area contributed by atoms with E-state index in [0.29, 0.717) is 56.8 Å². The maximum absolute atomic E-state index is 12.7. The van der Waals surface area contributed by atoms with Gasteiger partial charge in [-0.25, -0.2) is 0 Å². The largest absolute Gasteiger partial charge is 0.493 e. The third-order valence-corrected chi connectivity index (χ3v) is 5.42. The molecule has 1 aliphatic heterocycles. The highest BCUT2D eigenvalue weighted by atomic mass is 19.4. The predicted octanol–water partition coefficient (Wildman–Crippen LogP) is 4.88. The molecule has 2 amide bonds. The third-order valence-electron chi connectivity index (χ3n) is 5.42. The zero-order valence-electron chi connectivity index (χ0n) is 17.9. The van der Waals surface area contributed by atoms with Crippen molar-refractivity contribution in [2.75, 3.05) is 25.0 Å². The van der Waals surface area contributed by atoms with E-state index in [1.54, 1.807) is 29.2 Å². The number of unbranched alkanes of at least 4 members (excludes halogenated alkanes) is 1. The van der Waals surface area contributed by atoms with Crippen LogP contribution in [-0.4, -0.2) is 36.4 Å². The summed E-state index contributed by atoms with van der Waals surface area (Å²) in [6.07, 6.45) is -2.49. The van der Waals surface area contributed by atoms with Crippen LogP contribution in [0.15, 0.2) is 48.5 Å². The molecule has 1 N–H and O–H groups in total. The highest BCUT2D eigenvalue weighted by Gasteiger charge is 2.31. The summed E-state index contributed by atoms with van der Waals surface area (Å²) in [6, 6.07) is 13.2. The highest BCUT2D eigenvalue weighted by molar-refractivity contribution is 5.95. The average Bonchev–Trinajstić information content (AvgIpc) is 2.81.